The summed E-state index contributed by atoms with van der Waals surface area (Å²) in [5.41, 5.74) is -1.10. The average molecular weight is 282 g/mol. The number of hydrogen-bond donors (Lipinski definition) is 1. The second-order valence-corrected chi connectivity index (χ2v) is 3.97. The topological polar surface area (TPSA) is 46.5 Å². The van der Waals surface area contributed by atoms with Crippen molar-refractivity contribution < 1.29 is 27.8 Å². The SMILES string of the molecule is COc1cc(F)c(-c2ccc(C(=O)O)c(F)c2)c(F)c1. The van der Waals surface area contributed by atoms with E-state index in [0.29, 0.717) is 0 Å². The largest absolute Gasteiger partial charge is 0.497 e. The van der Waals surface area contributed by atoms with Crippen LogP contribution in [0.3, 0.4) is 0 Å². The molecule has 0 aliphatic carbocycles. The first-order chi connectivity index (χ1) is 9.43. The van der Waals surface area contributed by atoms with Crippen molar-refractivity contribution in [3.05, 3.63) is 53.3 Å². The number of rotatable bonds is 3. The summed E-state index contributed by atoms with van der Waals surface area (Å²) in [6, 6.07) is 4.79. The molecular weight excluding hydrogens is 273 g/mol. The van der Waals surface area contributed by atoms with Crippen molar-refractivity contribution >= 4 is 5.97 Å². The van der Waals surface area contributed by atoms with Gasteiger partial charge in [-0.25, -0.2) is 18.0 Å². The summed E-state index contributed by atoms with van der Waals surface area (Å²) in [5.74, 6) is -4.38. The number of ether oxygens (including phenoxy) is 1. The first-order valence-electron chi connectivity index (χ1n) is 5.50. The van der Waals surface area contributed by atoms with Crippen molar-refractivity contribution in [3.8, 4) is 16.9 Å². The van der Waals surface area contributed by atoms with E-state index in [1.54, 1.807) is 0 Å². The molecule has 0 spiro atoms. The lowest BCUT2D eigenvalue weighted by atomic mass is 10.0. The van der Waals surface area contributed by atoms with E-state index < -0.39 is 34.5 Å². The summed E-state index contributed by atoms with van der Waals surface area (Å²) < 4.78 is 45.9. The van der Waals surface area contributed by atoms with Gasteiger partial charge in [-0.2, -0.15) is 0 Å². The third kappa shape index (κ3) is 2.45. The molecule has 0 saturated heterocycles. The van der Waals surface area contributed by atoms with Crippen LogP contribution in [0, 0.1) is 17.5 Å². The Morgan fingerprint density at radius 3 is 2.10 bits per heavy atom. The van der Waals surface area contributed by atoms with Gasteiger partial charge in [0.15, 0.2) is 0 Å². The fourth-order valence-corrected chi connectivity index (χ4v) is 1.79. The van der Waals surface area contributed by atoms with Gasteiger partial charge in [0, 0.05) is 12.1 Å². The van der Waals surface area contributed by atoms with Crippen LogP contribution >= 0.6 is 0 Å². The molecule has 0 saturated carbocycles. The molecule has 0 amide bonds. The molecule has 0 aliphatic heterocycles. The van der Waals surface area contributed by atoms with Crippen LogP contribution < -0.4 is 4.74 Å². The highest BCUT2D eigenvalue weighted by Gasteiger charge is 2.17. The number of carboxylic acids is 1. The first kappa shape index (κ1) is 13.9. The lowest BCUT2D eigenvalue weighted by Crippen LogP contribution is -2.01. The molecule has 3 nitrogen and oxygen atoms in total. The molecular formula is C14H9F3O3. The number of hydrogen-bond acceptors (Lipinski definition) is 2. The summed E-state index contributed by atoms with van der Waals surface area (Å²) in [5, 5.41) is 8.70. The van der Waals surface area contributed by atoms with Gasteiger partial charge < -0.3 is 9.84 Å². The van der Waals surface area contributed by atoms with E-state index in [4.69, 9.17) is 9.84 Å². The molecule has 0 bridgehead atoms. The normalized spacial score (nSPS) is 10.4. The predicted octanol–water partition coefficient (Wildman–Crippen LogP) is 3.48. The van der Waals surface area contributed by atoms with E-state index in [1.807, 2.05) is 0 Å². The Kier molecular flexibility index (Phi) is 3.65. The molecule has 104 valence electrons. The zero-order chi connectivity index (χ0) is 14.9. The molecule has 0 aromatic heterocycles. The highest BCUT2D eigenvalue weighted by molar-refractivity contribution is 5.88. The number of benzene rings is 2. The smallest absolute Gasteiger partial charge is 0.338 e. The molecule has 1 N–H and O–H groups in total. The summed E-state index contributed by atoms with van der Waals surface area (Å²) in [6.45, 7) is 0. The van der Waals surface area contributed by atoms with Crippen molar-refractivity contribution in [2.75, 3.05) is 7.11 Å². The number of aromatic carboxylic acids is 1. The Morgan fingerprint density at radius 1 is 1.05 bits per heavy atom. The maximum Gasteiger partial charge on any atom is 0.338 e. The van der Waals surface area contributed by atoms with Gasteiger partial charge in [-0.1, -0.05) is 6.07 Å². The lowest BCUT2D eigenvalue weighted by molar-refractivity contribution is 0.0692. The highest BCUT2D eigenvalue weighted by atomic mass is 19.1. The monoisotopic (exact) mass is 282 g/mol. The standard InChI is InChI=1S/C14H9F3O3/c1-20-8-5-11(16)13(12(17)6-8)7-2-3-9(14(18)19)10(15)4-7/h2-6H,1H3,(H,18,19). The van der Waals surface area contributed by atoms with Crippen LogP contribution in [0.2, 0.25) is 0 Å². The van der Waals surface area contributed by atoms with E-state index in [1.165, 1.54) is 7.11 Å². The van der Waals surface area contributed by atoms with Crippen LogP contribution in [0.1, 0.15) is 10.4 Å². The Morgan fingerprint density at radius 2 is 1.65 bits per heavy atom. The van der Waals surface area contributed by atoms with E-state index in [0.717, 1.165) is 30.3 Å². The van der Waals surface area contributed by atoms with Gasteiger partial charge in [-0.15, -0.1) is 0 Å². The van der Waals surface area contributed by atoms with E-state index >= 15 is 0 Å². The lowest BCUT2D eigenvalue weighted by Gasteiger charge is -2.08. The number of methoxy groups -OCH3 is 1. The second kappa shape index (κ2) is 5.24. The maximum absolute atomic E-state index is 13.8. The second-order valence-electron chi connectivity index (χ2n) is 3.97. The molecule has 0 aliphatic rings. The van der Waals surface area contributed by atoms with E-state index in [9.17, 15) is 18.0 Å². The van der Waals surface area contributed by atoms with Gasteiger partial charge in [0.25, 0.3) is 0 Å². The molecule has 2 aromatic rings. The van der Waals surface area contributed by atoms with Gasteiger partial charge in [0.05, 0.1) is 18.2 Å². The molecule has 0 heterocycles. The zero-order valence-corrected chi connectivity index (χ0v) is 10.3. The quantitative estimate of drug-likeness (QED) is 0.937. The molecule has 0 fully saturated rings. The molecule has 0 radical (unpaired) electrons. The molecule has 20 heavy (non-hydrogen) atoms. The van der Waals surface area contributed by atoms with Crippen molar-refractivity contribution in [1.29, 1.82) is 0 Å². The maximum atomic E-state index is 13.8. The first-order valence-corrected chi connectivity index (χ1v) is 5.50. The third-order valence-corrected chi connectivity index (χ3v) is 2.74. The van der Waals surface area contributed by atoms with Gasteiger partial charge >= 0.3 is 5.97 Å². The van der Waals surface area contributed by atoms with Gasteiger partial charge in [0.1, 0.15) is 23.2 Å². The molecule has 2 rings (SSSR count). The van der Waals surface area contributed by atoms with Crippen molar-refractivity contribution in [1.82, 2.24) is 0 Å². The minimum atomic E-state index is -1.45. The summed E-state index contributed by atoms with van der Waals surface area (Å²) >= 11 is 0. The van der Waals surface area contributed by atoms with Crippen LogP contribution in [0.15, 0.2) is 30.3 Å². The van der Waals surface area contributed by atoms with Crippen molar-refractivity contribution in [3.63, 3.8) is 0 Å². The number of carbonyl (C=O) groups is 1. The fraction of sp³-hybridized carbons (Fsp3) is 0.0714. The molecule has 2 aromatic carbocycles. The summed E-state index contributed by atoms with van der Waals surface area (Å²) in [4.78, 5) is 10.7. The average Bonchev–Trinajstić information content (AvgIpc) is 2.37. The Hall–Kier alpha value is -2.50. The Labute approximate surface area is 112 Å². The van der Waals surface area contributed by atoms with Gasteiger partial charge in [-0.05, 0) is 17.7 Å². The van der Waals surface area contributed by atoms with Crippen LogP contribution in [-0.2, 0) is 0 Å². The van der Waals surface area contributed by atoms with Crippen LogP contribution in [0.25, 0.3) is 11.1 Å². The summed E-state index contributed by atoms with van der Waals surface area (Å²) in [6.07, 6.45) is 0. The van der Waals surface area contributed by atoms with Crippen molar-refractivity contribution in [2.24, 2.45) is 0 Å². The minimum absolute atomic E-state index is 0.00798. The molecule has 0 atom stereocenters. The minimum Gasteiger partial charge on any atom is -0.497 e. The molecule has 0 unspecified atom stereocenters. The van der Waals surface area contributed by atoms with E-state index in [2.05, 4.69) is 0 Å². The summed E-state index contributed by atoms with van der Waals surface area (Å²) in [7, 11) is 1.26. The zero-order valence-electron chi connectivity index (χ0n) is 10.3. The van der Waals surface area contributed by atoms with Gasteiger partial charge in [-0.3, -0.25) is 0 Å². The number of carboxylic acid groups (broad SMARTS) is 1. The predicted molar refractivity (Wildman–Crippen MR) is 65.3 cm³/mol. The highest BCUT2D eigenvalue weighted by Crippen LogP contribution is 2.30. The van der Waals surface area contributed by atoms with Gasteiger partial charge in [0.2, 0.25) is 0 Å². The van der Waals surface area contributed by atoms with Crippen LogP contribution in [0.5, 0.6) is 5.75 Å². The van der Waals surface area contributed by atoms with Crippen molar-refractivity contribution in [2.45, 2.75) is 0 Å². The fourth-order valence-electron chi connectivity index (χ4n) is 1.79. The Balaban J connectivity index is 2.58. The van der Waals surface area contributed by atoms with Crippen LogP contribution in [-0.4, -0.2) is 18.2 Å². The van der Waals surface area contributed by atoms with Crippen LogP contribution in [0.4, 0.5) is 13.2 Å². The third-order valence-electron chi connectivity index (χ3n) is 2.74. The molecule has 6 heteroatoms. The van der Waals surface area contributed by atoms with E-state index in [-0.39, 0.29) is 11.3 Å². The number of halogens is 3. The Bertz CT molecular complexity index is 660.